The molecule has 0 fully saturated rings. The van der Waals surface area contributed by atoms with Crippen molar-refractivity contribution >= 4 is 14.8 Å². The van der Waals surface area contributed by atoms with E-state index in [1.54, 1.807) is 13.8 Å². The summed E-state index contributed by atoms with van der Waals surface area (Å²) in [5, 5.41) is 0. The van der Waals surface area contributed by atoms with Crippen molar-refractivity contribution in [3.8, 4) is 18.6 Å². The van der Waals surface area contributed by atoms with Crippen molar-refractivity contribution < 1.29 is 14.1 Å². The highest BCUT2D eigenvalue weighted by molar-refractivity contribution is 7.33. The van der Waals surface area contributed by atoms with E-state index in [0.29, 0.717) is 14.5 Å². The van der Waals surface area contributed by atoms with E-state index in [-0.39, 0.29) is 18.6 Å². The molecule has 0 aliphatic heterocycles. The average Bonchev–Trinajstić information content (AvgIpc) is 2.48. The molecule has 1 unspecified atom stereocenters. The summed E-state index contributed by atoms with van der Waals surface area (Å²) in [6.45, 7) is 7.85. The standard InChI is InChI=1S/C9H13OP.C5H11NO2.C2H2/c1-8(2)11-10-9-6-4-3-5-7-9;1-4(2)8-5(7)3-6;1-2/h3-8,11H,1-2H3;4H,3,6H2,1-2H3;1-2H. The van der Waals surface area contributed by atoms with Crippen LogP contribution >= 0.6 is 8.81 Å². The Morgan fingerprint density at radius 2 is 1.71 bits per heavy atom. The summed E-state index contributed by atoms with van der Waals surface area (Å²) in [6.07, 6.45) is 7.95. The molecule has 0 aromatic heterocycles. The molecule has 0 spiro atoms. The van der Waals surface area contributed by atoms with E-state index < -0.39 is 0 Å². The molecule has 0 heterocycles. The van der Waals surface area contributed by atoms with E-state index in [1.807, 2.05) is 30.3 Å². The lowest BCUT2D eigenvalue weighted by molar-refractivity contribution is -0.145. The maximum absolute atomic E-state index is 10.3. The summed E-state index contributed by atoms with van der Waals surface area (Å²) in [4.78, 5) is 10.3. The summed E-state index contributed by atoms with van der Waals surface area (Å²) >= 11 is 0. The average molecular weight is 311 g/mol. The maximum Gasteiger partial charge on any atom is 0.319 e. The predicted octanol–water partition coefficient (Wildman–Crippen LogP) is 3.21. The normalized spacial score (nSPS) is 9.57. The number of esters is 1. The Bertz CT molecular complexity index is 378. The van der Waals surface area contributed by atoms with Crippen molar-refractivity contribution in [2.24, 2.45) is 5.73 Å². The highest BCUT2D eigenvalue weighted by Gasteiger charge is 1.99. The summed E-state index contributed by atoms with van der Waals surface area (Å²) in [5.41, 5.74) is 5.57. The lowest BCUT2D eigenvalue weighted by atomic mass is 10.3. The van der Waals surface area contributed by atoms with E-state index in [0.717, 1.165) is 5.75 Å². The van der Waals surface area contributed by atoms with E-state index in [1.165, 1.54) is 0 Å². The van der Waals surface area contributed by atoms with Crippen molar-refractivity contribution in [1.82, 2.24) is 0 Å². The van der Waals surface area contributed by atoms with Crippen molar-refractivity contribution in [1.29, 1.82) is 0 Å². The zero-order valence-corrected chi connectivity index (χ0v) is 14.2. The first-order valence-corrected chi connectivity index (χ1v) is 7.64. The Hall–Kier alpha value is -1.56. The number of hydrogen-bond donors (Lipinski definition) is 1. The van der Waals surface area contributed by atoms with Gasteiger partial charge in [0.25, 0.3) is 0 Å². The number of benzene rings is 1. The Kier molecular flexibility index (Phi) is 15.4. The first-order valence-electron chi connectivity index (χ1n) is 6.66. The molecule has 0 aliphatic carbocycles. The van der Waals surface area contributed by atoms with Gasteiger partial charge < -0.3 is 15.0 Å². The molecule has 0 bridgehead atoms. The second-order valence-corrected chi connectivity index (χ2v) is 6.02. The molecule has 0 radical (unpaired) electrons. The number of para-hydroxylation sites is 1. The molecule has 5 heteroatoms. The van der Waals surface area contributed by atoms with Crippen LogP contribution in [0.3, 0.4) is 0 Å². The van der Waals surface area contributed by atoms with Crippen LogP contribution in [0.25, 0.3) is 0 Å². The number of carbonyl (C=O) groups is 1. The fourth-order valence-electron chi connectivity index (χ4n) is 0.985. The molecule has 1 aromatic rings. The Labute approximate surface area is 130 Å². The lowest BCUT2D eigenvalue weighted by Gasteiger charge is -2.06. The fraction of sp³-hybridized carbons (Fsp3) is 0.438. The summed E-state index contributed by atoms with van der Waals surface area (Å²) in [5.74, 6) is 0.625. The third-order valence-corrected chi connectivity index (χ3v) is 2.51. The molecule has 2 N–H and O–H groups in total. The number of nitrogens with two attached hydrogens (primary N) is 1. The largest absolute Gasteiger partial charge is 0.477 e. The van der Waals surface area contributed by atoms with Crippen LogP contribution in [-0.2, 0) is 9.53 Å². The Balaban J connectivity index is 0. The van der Waals surface area contributed by atoms with Crippen LogP contribution in [0.5, 0.6) is 5.75 Å². The van der Waals surface area contributed by atoms with Crippen LogP contribution in [0.1, 0.15) is 27.7 Å². The molecule has 1 atom stereocenters. The van der Waals surface area contributed by atoms with E-state index in [9.17, 15) is 4.79 Å². The SMILES string of the molecule is C#C.CC(C)OC(=O)CN.CC(C)POc1ccccc1. The summed E-state index contributed by atoms with van der Waals surface area (Å²) in [6, 6.07) is 9.93. The highest BCUT2D eigenvalue weighted by atomic mass is 31.1. The van der Waals surface area contributed by atoms with Crippen molar-refractivity contribution in [2.45, 2.75) is 39.5 Å². The zero-order chi connectivity index (χ0) is 16.7. The summed E-state index contributed by atoms with van der Waals surface area (Å²) in [7, 11) is 0.566. The number of hydrogen-bond acceptors (Lipinski definition) is 4. The van der Waals surface area contributed by atoms with Gasteiger partial charge in [-0.3, -0.25) is 4.79 Å². The molecular weight excluding hydrogens is 285 g/mol. The van der Waals surface area contributed by atoms with Gasteiger partial charge in [-0.1, -0.05) is 32.0 Å². The van der Waals surface area contributed by atoms with Gasteiger partial charge in [0.1, 0.15) is 5.75 Å². The van der Waals surface area contributed by atoms with Crippen LogP contribution < -0.4 is 10.3 Å². The number of rotatable bonds is 5. The van der Waals surface area contributed by atoms with Crippen molar-refractivity contribution in [2.75, 3.05) is 6.54 Å². The molecule has 0 saturated carbocycles. The zero-order valence-electron chi connectivity index (χ0n) is 13.2. The topological polar surface area (TPSA) is 61.5 Å². The molecule has 4 nitrogen and oxygen atoms in total. The number of ether oxygens (including phenoxy) is 1. The Morgan fingerprint density at radius 1 is 1.19 bits per heavy atom. The molecule has 118 valence electrons. The smallest absolute Gasteiger partial charge is 0.319 e. The van der Waals surface area contributed by atoms with Crippen molar-refractivity contribution in [3.05, 3.63) is 30.3 Å². The quantitative estimate of drug-likeness (QED) is 0.515. The number of carbonyl (C=O) groups excluding carboxylic acids is 1. The second kappa shape index (κ2) is 14.8. The highest BCUT2D eigenvalue weighted by Crippen LogP contribution is 2.23. The number of terminal acetylenes is 1. The fourth-order valence-corrected chi connectivity index (χ4v) is 1.49. The van der Waals surface area contributed by atoms with Gasteiger partial charge >= 0.3 is 5.97 Å². The van der Waals surface area contributed by atoms with Gasteiger partial charge in [-0.15, -0.1) is 12.8 Å². The minimum atomic E-state index is -0.347. The second-order valence-electron chi connectivity index (χ2n) is 4.43. The van der Waals surface area contributed by atoms with Gasteiger partial charge in [-0.2, -0.15) is 0 Å². The van der Waals surface area contributed by atoms with Gasteiger partial charge in [-0.25, -0.2) is 0 Å². The summed E-state index contributed by atoms with van der Waals surface area (Å²) < 4.78 is 10.1. The molecule has 1 aromatic carbocycles. The maximum atomic E-state index is 10.3. The minimum absolute atomic E-state index is 0.0296. The minimum Gasteiger partial charge on any atom is -0.477 e. The van der Waals surface area contributed by atoms with Gasteiger partial charge in [0.2, 0.25) is 0 Å². The molecule has 0 aliphatic rings. The van der Waals surface area contributed by atoms with Gasteiger partial charge in [0, 0.05) is 5.66 Å². The third kappa shape index (κ3) is 16.4. The molecule has 0 amide bonds. The molecule has 1 rings (SSSR count). The first kappa shape index (κ1) is 21.7. The third-order valence-electron chi connectivity index (χ3n) is 1.69. The first-order chi connectivity index (χ1) is 9.95. The van der Waals surface area contributed by atoms with Crippen LogP contribution in [0.4, 0.5) is 0 Å². The molecular formula is C16H26NO3P. The van der Waals surface area contributed by atoms with Gasteiger partial charge in [0.05, 0.1) is 21.5 Å². The molecule has 21 heavy (non-hydrogen) atoms. The van der Waals surface area contributed by atoms with Crippen LogP contribution in [0, 0.1) is 12.8 Å². The van der Waals surface area contributed by atoms with Gasteiger partial charge in [-0.05, 0) is 26.0 Å². The van der Waals surface area contributed by atoms with Crippen LogP contribution in [0.15, 0.2) is 30.3 Å². The van der Waals surface area contributed by atoms with E-state index >= 15 is 0 Å². The predicted molar refractivity (Wildman–Crippen MR) is 90.7 cm³/mol. The monoisotopic (exact) mass is 311 g/mol. The van der Waals surface area contributed by atoms with E-state index in [2.05, 4.69) is 31.4 Å². The van der Waals surface area contributed by atoms with Crippen LogP contribution in [0.2, 0.25) is 0 Å². The Morgan fingerprint density at radius 3 is 2.05 bits per heavy atom. The van der Waals surface area contributed by atoms with Crippen LogP contribution in [-0.4, -0.2) is 24.3 Å². The van der Waals surface area contributed by atoms with E-state index in [4.69, 9.17) is 10.3 Å². The van der Waals surface area contributed by atoms with Gasteiger partial charge in [0.15, 0.2) is 0 Å². The van der Waals surface area contributed by atoms with Crippen molar-refractivity contribution in [3.63, 3.8) is 0 Å². The molecule has 0 saturated heterocycles. The lowest BCUT2D eigenvalue weighted by Crippen LogP contribution is -2.20.